The highest BCUT2D eigenvalue weighted by Crippen LogP contribution is 2.68. The number of rotatable bonds is 17. The Hall–Kier alpha value is -3.86. The van der Waals surface area contributed by atoms with E-state index < -0.39 is 55.6 Å². The van der Waals surface area contributed by atoms with E-state index in [0.717, 1.165) is 0 Å². The summed E-state index contributed by atoms with van der Waals surface area (Å²) in [6.07, 6.45) is 1.07. The fourth-order valence-corrected chi connectivity index (χ4v) is 7.05. The highest BCUT2D eigenvalue weighted by molar-refractivity contribution is 7.72. The number of halogens is 1. The van der Waals surface area contributed by atoms with Crippen LogP contribution in [0.1, 0.15) is 35.2 Å². The smallest absolute Gasteiger partial charge is 0.369 e. The van der Waals surface area contributed by atoms with Gasteiger partial charge in [-0.3, -0.25) is 28.2 Å². The molecule has 0 spiro atoms. The maximum absolute atomic E-state index is 12.5. The van der Waals surface area contributed by atoms with Crippen molar-refractivity contribution in [3.8, 4) is 22.8 Å². The average molecular weight is 816 g/mol. The molecule has 22 heteroatoms. The first-order valence-corrected chi connectivity index (χ1v) is 19.6. The van der Waals surface area contributed by atoms with E-state index in [-0.39, 0.29) is 73.6 Å². The number of hydrogen-bond donors (Lipinski definition) is 9. The lowest BCUT2D eigenvalue weighted by molar-refractivity contribution is -0.703. The molecule has 0 aliphatic heterocycles. The number of Topliss-reactive ketones (excluding diaryl/α,β-unsaturated/α-hetero) is 1. The number of phenolic OH excluding ortho intramolecular Hbond substituents is 2. The molecular formula is C32H40BFN2O15P3+. The lowest BCUT2D eigenvalue weighted by Crippen LogP contribution is -2.39. The molecule has 1 amide bonds. The summed E-state index contributed by atoms with van der Waals surface area (Å²) < 4.78 is 48.7. The van der Waals surface area contributed by atoms with Crippen LogP contribution >= 0.6 is 24.3 Å². The maximum atomic E-state index is 12.5. The first-order chi connectivity index (χ1) is 25.9. The molecule has 292 valence electrons. The lowest BCUT2D eigenvalue weighted by atomic mass is 10.1. The molecule has 54 heavy (non-hydrogen) atoms. The van der Waals surface area contributed by atoms with E-state index in [2.05, 4.69) is 14.3 Å². The summed E-state index contributed by atoms with van der Waals surface area (Å²) in [5.74, 6) is -1.42. The Labute approximate surface area is 312 Å². The largest absolute Gasteiger partial charge is 0.504 e. The summed E-state index contributed by atoms with van der Waals surface area (Å²) in [6, 6.07) is 12.5. The molecule has 9 N–H and O–H groups in total. The third kappa shape index (κ3) is 12.1. The van der Waals surface area contributed by atoms with Gasteiger partial charge in [-0.25, -0.2) is 4.57 Å². The number of aromatic nitrogens is 1. The van der Waals surface area contributed by atoms with E-state index in [9.17, 15) is 63.5 Å². The second-order valence-electron chi connectivity index (χ2n) is 11.7. The van der Waals surface area contributed by atoms with Crippen LogP contribution in [-0.4, -0.2) is 91.7 Å². The second-order valence-corrected chi connectivity index (χ2v) is 15.7. The molecule has 0 saturated heterocycles. The predicted molar refractivity (Wildman–Crippen MR) is 197 cm³/mol. The SMILES string of the molecule is O=C(CCOCCNC(=O)c1ccc(-c2cc(=O)c3ccc(O)c(O)c3o2)cc1)CCC(O)C[n+]1ccc(CC(O)(P(=O)(O)O)P(=O)(O)O)cc1.[2H]F.[B]P. The molecule has 0 aliphatic carbocycles. The van der Waals surface area contributed by atoms with Gasteiger partial charge < -0.3 is 54.5 Å². The number of carbonyl (C=O) groups is 2. The molecule has 0 saturated carbocycles. The number of amides is 1. The van der Waals surface area contributed by atoms with Crippen molar-refractivity contribution in [3.63, 3.8) is 0 Å². The van der Waals surface area contributed by atoms with Gasteiger partial charge in [0.05, 0.1) is 26.2 Å². The Kier molecular flexibility index (Phi) is 16.6. The number of ether oxygens (including phenoxy) is 1. The summed E-state index contributed by atoms with van der Waals surface area (Å²) in [7, 11) is -4.88. The number of nitrogens with one attached hydrogen (secondary N) is 1. The Morgan fingerprint density at radius 2 is 1.59 bits per heavy atom. The number of ketones is 1. The van der Waals surface area contributed by atoms with Crippen LogP contribution in [0.5, 0.6) is 11.5 Å². The Morgan fingerprint density at radius 1 is 0.981 bits per heavy atom. The molecular weight excluding hydrogens is 775 g/mol. The summed E-state index contributed by atoms with van der Waals surface area (Å²) in [5, 5.41) is 39.4. The standard InChI is InChI=1S/C32H36N2O15P2.BH2P.FH/c35-23(5-6-24(36)19-34-13-9-20(10-14-34)18-32(41,50(42,43)44)51(45,46)47)11-15-48-16-12-33-31(40)22-3-1-21(2-4-22)28-17-27(38)25-7-8-26(37)29(39)30(25)49-28;1-2;/h1-4,7-10,13-14,17,24,36,41H,5-6,11-12,15-16,18-19H2,(H6-,33,37,38,39,40,42,43,44,45,46,47);2H2;1H/p+1/i/hD. The fourth-order valence-electron chi connectivity index (χ4n) is 4.91. The van der Waals surface area contributed by atoms with Crippen LogP contribution in [0.25, 0.3) is 22.3 Å². The quantitative estimate of drug-likeness (QED) is 0.0239. The van der Waals surface area contributed by atoms with Gasteiger partial charge in [0.1, 0.15) is 17.6 Å². The molecule has 2 aromatic carbocycles. The number of aromatic hydroxyl groups is 2. The number of carbonyl (C=O) groups excluding carboxylic acids is 2. The number of pyridine rings is 1. The minimum absolute atomic E-state index is 0.0280. The van der Waals surface area contributed by atoms with Crippen molar-refractivity contribution < 1.29 is 77.2 Å². The van der Waals surface area contributed by atoms with Crippen LogP contribution in [0.15, 0.2) is 76.2 Å². The minimum atomic E-state index is -5.61. The van der Waals surface area contributed by atoms with Crippen LogP contribution in [0, 0.1) is 0 Å². The third-order valence-corrected chi connectivity index (χ3v) is 11.6. The van der Waals surface area contributed by atoms with Gasteiger partial charge in [-0.2, -0.15) is 9.12 Å². The molecule has 0 aliphatic rings. The zero-order valence-electron chi connectivity index (χ0n) is 29.4. The van der Waals surface area contributed by atoms with E-state index in [0.29, 0.717) is 11.1 Å². The Morgan fingerprint density at radius 3 is 2.19 bits per heavy atom. The Balaban J connectivity index is 0.00000253. The van der Waals surface area contributed by atoms with Crippen molar-refractivity contribution in [1.29, 1.82) is 1.45 Å². The van der Waals surface area contributed by atoms with Crippen LogP contribution in [0.2, 0.25) is 0 Å². The zero-order chi connectivity index (χ0) is 41.6. The lowest BCUT2D eigenvalue weighted by Gasteiger charge is -2.29. The molecule has 2 unspecified atom stereocenters. The van der Waals surface area contributed by atoms with E-state index in [1.165, 1.54) is 59.4 Å². The number of phenols is 2. The van der Waals surface area contributed by atoms with Crippen molar-refractivity contribution >= 4 is 54.5 Å². The van der Waals surface area contributed by atoms with Gasteiger partial charge in [-0.1, -0.05) is 12.1 Å². The highest BCUT2D eigenvalue weighted by atomic mass is 31.2. The van der Waals surface area contributed by atoms with Gasteiger partial charge in [0.15, 0.2) is 35.7 Å². The summed E-state index contributed by atoms with van der Waals surface area (Å²) in [4.78, 5) is 74.4. The molecule has 2 aromatic heterocycles. The van der Waals surface area contributed by atoms with Gasteiger partial charge in [-0.05, 0) is 36.2 Å². The molecule has 4 aromatic rings. The number of aliphatic hydroxyl groups excluding tert-OH is 1. The van der Waals surface area contributed by atoms with E-state index in [4.69, 9.17) is 13.9 Å². The normalized spacial score (nSPS) is 12.4. The molecule has 0 bridgehead atoms. The molecule has 0 fully saturated rings. The van der Waals surface area contributed by atoms with Crippen LogP contribution in [-0.2, 0) is 31.6 Å². The number of benzene rings is 2. The van der Waals surface area contributed by atoms with Gasteiger partial charge in [-0.15, -0.1) is 0 Å². The van der Waals surface area contributed by atoms with Gasteiger partial charge >= 0.3 is 15.2 Å². The van der Waals surface area contributed by atoms with Gasteiger partial charge in [0.25, 0.3) is 12.4 Å². The highest BCUT2D eigenvalue weighted by Gasteiger charge is 2.59. The van der Waals surface area contributed by atoms with Crippen molar-refractivity contribution in [2.75, 3.05) is 19.8 Å². The number of nitrogens with zero attached hydrogens (tertiary/aromatic N) is 1. The zero-order valence-corrected chi connectivity index (χ0v) is 31.3. The molecule has 2 radical (unpaired) electrons. The maximum Gasteiger partial charge on any atom is 0.369 e. The van der Waals surface area contributed by atoms with Crippen LogP contribution in [0.3, 0.4) is 0 Å². The summed E-state index contributed by atoms with van der Waals surface area (Å²) in [5.41, 5.74) is 0.224. The molecule has 4 rings (SSSR count). The van der Waals surface area contributed by atoms with E-state index in [1.807, 2.05) is 9.12 Å². The van der Waals surface area contributed by atoms with Crippen molar-refractivity contribution in [3.05, 3.63) is 88.3 Å². The Bertz CT molecular complexity index is 2030. The monoisotopic (exact) mass is 816 g/mol. The number of aliphatic hydroxyl groups is 2. The van der Waals surface area contributed by atoms with Crippen molar-refractivity contribution in [2.45, 2.75) is 43.4 Å². The van der Waals surface area contributed by atoms with Crippen LogP contribution in [0.4, 0.5) is 4.72 Å². The minimum Gasteiger partial charge on any atom is -0.504 e. The number of fused-ring (bicyclic) bond motifs is 1. The van der Waals surface area contributed by atoms with Gasteiger partial charge in [0.2, 0.25) is 5.75 Å². The molecule has 17 nitrogen and oxygen atoms in total. The summed E-state index contributed by atoms with van der Waals surface area (Å²) in [6.45, 7) is 0.424. The number of hydrogen-bond acceptors (Lipinski definition) is 11. The first kappa shape index (κ1) is 44.5. The molecule has 2 atom stereocenters. The average Bonchev–Trinajstić information content (AvgIpc) is 3.15. The molecule has 2 heterocycles. The van der Waals surface area contributed by atoms with E-state index in [1.54, 1.807) is 12.1 Å². The van der Waals surface area contributed by atoms with Crippen LogP contribution < -0.4 is 15.3 Å². The topological polar surface area (TPSA) is 285 Å². The fraction of sp³-hybridized carbons (Fsp3) is 0.312. The van der Waals surface area contributed by atoms with Gasteiger partial charge in [0, 0.05) is 55.1 Å². The predicted octanol–water partition coefficient (Wildman–Crippen LogP) is 1.35. The third-order valence-electron chi connectivity index (χ3n) is 7.85. The first-order valence-electron chi connectivity index (χ1n) is 16.1. The van der Waals surface area contributed by atoms with Crippen molar-refractivity contribution in [2.24, 2.45) is 0 Å². The summed E-state index contributed by atoms with van der Waals surface area (Å²) >= 11 is 0. The van der Waals surface area contributed by atoms with E-state index >= 15 is 0 Å². The second kappa shape index (κ2) is 20.2. The van der Waals surface area contributed by atoms with Crippen molar-refractivity contribution in [1.82, 2.24) is 5.32 Å².